The molecule has 4 rings (SSSR count). The molecule has 1 atom stereocenters. The van der Waals surface area contributed by atoms with Gasteiger partial charge < -0.3 is 4.90 Å². The Balaban J connectivity index is 1.46. The maximum atomic E-state index is 12.8. The van der Waals surface area contributed by atoms with Crippen molar-refractivity contribution < 1.29 is 4.79 Å². The van der Waals surface area contributed by atoms with Gasteiger partial charge in [0.15, 0.2) is 0 Å². The van der Waals surface area contributed by atoms with Gasteiger partial charge in [0.05, 0.1) is 0 Å². The van der Waals surface area contributed by atoms with Crippen LogP contribution >= 0.6 is 11.3 Å². The van der Waals surface area contributed by atoms with E-state index in [-0.39, 0.29) is 5.92 Å². The van der Waals surface area contributed by atoms with Crippen molar-refractivity contribution in [1.29, 1.82) is 0 Å². The van der Waals surface area contributed by atoms with Crippen LogP contribution < -0.4 is 5.46 Å². The molecule has 2 heterocycles. The number of nitrogens with zero attached hydrogens (tertiary/aromatic N) is 1. The molecule has 2 fully saturated rings. The van der Waals surface area contributed by atoms with Crippen LogP contribution in [0, 0.1) is 5.92 Å². The topological polar surface area (TPSA) is 20.3 Å². The summed E-state index contributed by atoms with van der Waals surface area (Å²) in [6.07, 6.45) is 8.37. The van der Waals surface area contributed by atoms with Crippen LogP contribution in [0.15, 0.2) is 24.3 Å². The molecular formula is C19H24BNOS. The van der Waals surface area contributed by atoms with Gasteiger partial charge in [0, 0.05) is 28.1 Å². The van der Waals surface area contributed by atoms with Crippen LogP contribution in [0.1, 0.15) is 43.4 Å². The fourth-order valence-electron chi connectivity index (χ4n) is 4.27. The normalized spacial score (nSPS) is 23.0. The van der Waals surface area contributed by atoms with Gasteiger partial charge in [0.1, 0.15) is 7.85 Å². The highest BCUT2D eigenvalue weighted by molar-refractivity contribution is 7.19. The lowest BCUT2D eigenvalue weighted by Crippen LogP contribution is -2.39. The fraction of sp³-hybridized carbons (Fsp3) is 0.526. The third kappa shape index (κ3) is 3.06. The lowest BCUT2D eigenvalue weighted by Gasteiger charge is -2.31. The first-order valence-electron chi connectivity index (χ1n) is 9.00. The second-order valence-corrected chi connectivity index (χ2v) is 8.44. The summed E-state index contributed by atoms with van der Waals surface area (Å²) in [6.45, 7) is 0.984. The van der Waals surface area contributed by atoms with Crippen molar-refractivity contribution in [2.75, 3.05) is 6.54 Å². The second kappa shape index (κ2) is 6.31. The second-order valence-electron chi connectivity index (χ2n) is 7.27. The molecule has 23 heavy (non-hydrogen) atoms. The average molecular weight is 325 g/mol. The van der Waals surface area contributed by atoms with Gasteiger partial charge in [0.25, 0.3) is 0 Å². The number of carbonyl (C=O) groups excluding carboxylic acids is 1. The van der Waals surface area contributed by atoms with E-state index in [1.807, 2.05) is 11.3 Å². The maximum Gasteiger partial charge on any atom is 0.226 e. The molecule has 2 aliphatic rings. The van der Waals surface area contributed by atoms with Crippen LogP contribution in [0.25, 0.3) is 10.1 Å². The van der Waals surface area contributed by atoms with E-state index in [0.717, 1.165) is 19.4 Å². The first kappa shape index (κ1) is 15.3. The van der Waals surface area contributed by atoms with E-state index in [2.05, 4.69) is 37.0 Å². The SMILES string of the molecule is Bc1ccc2sc(CC3CCN(C4CCCCC4)C3=O)cc2c1. The van der Waals surface area contributed by atoms with Crippen molar-refractivity contribution in [3.05, 3.63) is 29.1 Å². The molecule has 1 aromatic carbocycles. The van der Waals surface area contributed by atoms with E-state index in [0.29, 0.717) is 11.9 Å². The van der Waals surface area contributed by atoms with Crippen molar-refractivity contribution in [3.63, 3.8) is 0 Å². The molecule has 4 heteroatoms. The number of hydrogen-bond donors (Lipinski definition) is 0. The molecule has 0 spiro atoms. The van der Waals surface area contributed by atoms with Crippen LogP contribution in [-0.4, -0.2) is 31.2 Å². The van der Waals surface area contributed by atoms with E-state index in [1.165, 1.54) is 52.5 Å². The fourth-order valence-corrected chi connectivity index (χ4v) is 5.39. The largest absolute Gasteiger partial charge is 0.339 e. The Labute approximate surface area is 143 Å². The van der Waals surface area contributed by atoms with Crippen molar-refractivity contribution in [3.8, 4) is 0 Å². The molecule has 1 aromatic heterocycles. The van der Waals surface area contributed by atoms with Crippen molar-refractivity contribution in [2.45, 2.75) is 51.0 Å². The van der Waals surface area contributed by atoms with E-state index >= 15 is 0 Å². The molecule has 1 saturated carbocycles. The van der Waals surface area contributed by atoms with Gasteiger partial charge in [-0.25, -0.2) is 0 Å². The molecule has 0 radical (unpaired) electrons. The smallest absolute Gasteiger partial charge is 0.226 e. The summed E-state index contributed by atoms with van der Waals surface area (Å²) in [4.78, 5) is 16.4. The van der Waals surface area contributed by atoms with E-state index < -0.39 is 0 Å². The highest BCUT2D eigenvalue weighted by Crippen LogP contribution is 2.33. The number of fused-ring (bicyclic) bond motifs is 1. The average Bonchev–Trinajstić information content (AvgIpc) is 3.12. The summed E-state index contributed by atoms with van der Waals surface area (Å²) in [5.74, 6) is 0.636. The first-order valence-corrected chi connectivity index (χ1v) is 9.82. The van der Waals surface area contributed by atoms with Crippen LogP contribution in [0.3, 0.4) is 0 Å². The van der Waals surface area contributed by atoms with Gasteiger partial charge in [-0.2, -0.15) is 0 Å². The maximum absolute atomic E-state index is 12.8. The van der Waals surface area contributed by atoms with Gasteiger partial charge in [-0.3, -0.25) is 4.79 Å². The van der Waals surface area contributed by atoms with Crippen molar-refractivity contribution >= 4 is 40.6 Å². The van der Waals surface area contributed by atoms with Crippen LogP contribution in [0.5, 0.6) is 0 Å². The van der Waals surface area contributed by atoms with Gasteiger partial charge in [0.2, 0.25) is 5.91 Å². The number of amides is 1. The number of rotatable bonds is 3. The molecule has 1 saturated heterocycles. The monoisotopic (exact) mass is 325 g/mol. The quantitative estimate of drug-likeness (QED) is 0.795. The molecule has 0 N–H and O–H groups in total. The van der Waals surface area contributed by atoms with Crippen LogP contribution in [0.2, 0.25) is 0 Å². The van der Waals surface area contributed by atoms with Gasteiger partial charge in [-0.15, -0.1) is 11.3 Å². The van der Waals surface area contributed by atoms with E-state index in [1.54, 1.807) is 0 Å². The number of likely N-dealkylation sites (tertiary alicyclic amines) is 1. The molecule has 1 aliphatic carbocycles. The zero-order valence-electron chi connectivity index (χ0n) is 13.9. The first-order chi connectivity index (χ1) is 11.2. The molecule has 120 valence electrons. The summed E-state index contributed by atoms with van der Waals surface area (Å²) in [5, 5.41) is 1.33. The zero-order chi connectivity index (χ0) is 15.8. The Hall–Kier alpha value is -1.29. The lowest BCUT2D eigenvalue weighted by molar-refractivity contribution is -0.133. The Morgan fingerprint density at radius 1 is 1.13 bits per heavy atom. The Bertz CT molecular complexity index is 719. The third-order valence-corrected chi connectivity index (χ3v) is 6.68. The minimum absolute atomic E-state index is 0.214. The number of hydrogen-bond acceptors (Lipinski definition) is 2. The third-order valence-electron chi connectivity index (χ3n) is 5.54. The number of benzene rings is 1. The lowest BCUT2D eigenvalue weighted by atomic mass is 9.94. The summed E-state index contributed by atoms with van der Waals surface area (Å²) in [7, 11) is 2.14. The zero-order valence-corrected chi connectivity index (χ0v) is 14.7. The summed E-state index contributed by atoms with van der Waals surface area (Å²) in [5.41, 5.74) is 1.31. The molecule has 1 aliphatic heterocycles. The van der Waals surface area contributed by atoms with Gasteiger partial charge in [-0.1, -0.05) is 36.9 Å². The van der Waals surface area contributed by atoms with Crippen LogP contribution in [0.4, 0.5) is 0 Å². The Morgan fingerprint density at radius 2 is 1.96 bits per heavy atom. The van der Waals surface area contributed by atoms with Gasteiger partial charge >= 0.3 is 0 Å². The molecule has 2 nitrogen and oxygen atoms in total. The summed E-state index contributed by atoms with van der Waals surface area (Å²) < 4.78 is 1.35. The van der Waals surface area contributed by atoms with Crippen LogP contribution in [-0.2, 0) is 11.2 Å². The van der Waals surface area contributed by atoms with E-state index in [4.69, 9.17) is 0 Å². The van der Waals surface area contributed by atoms with Crippen molar-refractivity contribution in [1.82, 2.24) is 4.90 Å². The molecule has 2 aromatic rings. The minimum atomic E-state index is 0.214. The number of thiophene rings is 1. The summed E-state index contributed by atoms with van der Waals surface area (Å²) in [6, 6.07) is 9.47. The summed E-state index contributed by atoms with van der Waals surface area (Å²) >= 11 is 1.86. The predicted molar refractivity (Wildman–Crippen MR) is 100 cm³/mol. The highest BCUT2D eigenvalue weighted by atomic mass is 32.1. The Morgan fingerprint density at radius 3 is 2.78 bits per heavy atom. The molecule has 1 unspecified atom stereocenters. The molecular weight excluding hydrogens is 301 g/mol. The molecule has 0 bridgehead atoms. The standard InChI is InChI=1S/C19H24BNOS/c20-15-6-7-18-14(10-15)12-17(23-18)11-13-8-9-21(19(13)22)16-4-2-1-3-5-16/h6-7,10,12-13,16H,1-5,8-9,11,20H2. The van der Waals surface area contributed by atoms with Crippen molar-refractivity contribution in [2.24, 2.45) is 5.92 Å². The number of carbonyl (C=O) groups is 1. The van der Waals surface area contributed by atoms with E-state index in [9.17, 15) is 4.79 Å². The highest BCUT2D eigenvalue weighted by Gasteiger charge is 2.36. The Kier molecular flexibility index (Phi) is 4.19. The minimum Gasteiger partial charge on any atom is -0.339 e. The molecule has 1 amide bonds. The predicted octanol–water partition coefficient (Wildman–Crippen LogP) is 2.88. The van der Waals surface area contributed by atoms with Gasteiger partial charge in [-0.05, 0) is 43.2 Å².